The van der Waals surface area contributed by atoms with Gasteiger partial charge in [0.1, 0.15) is 29.8 Å². The molecule has 2 heterocycles. The van der Waals surface area contributed by atoms with Crippen LogP contribution in [0.5, 0.6) is 0 Å². The number of hydrogen-bond acceptors (Lipinski definition) is 6. The van der Waals surface area contributed by atoms with Gasteiger partial charge in [-0.05, 0) is 26.8 Å². The predicted molar refractivity (Wildman–Crippen MR) is 77.4 cm³/mol. The van der Waals surface area contributed by atoms with Crippen molar-refractivity contribution < 1.29 is 9.15 Å². The van der Waals surface area contributed by atoms with Crippen LogP contribution in [0.2, 0.25) is 0 Å². The van der Waals surface area contributed by atoms with Gasteiger partial charge in [-0.3, -0.25) is 0 Å². The lowest BCUT2D eigenvalue weighted by Gasteiger charge is -2.14. The van der Waals surface area contributed by atoms with Crippen molar-refractivity contribution in [2.45, 2.75) is 33.4 Å². The molecule has 0 aromatic carbocycles. The van der Waals surface area contributed by atoms with Gasteiger partial charge in [0.15, 0.2) is 5.82 Å². The molecule has 0 saturated heterocycles. The summed E-state index contributed by atoms with van der Waals surface area (Å²) in [7, 11) is 1.60. The molecular weight excluding hydrogens is 256 g/mol. The lowest BCUT2D eigenvalue weighted by Crippen LogP contribution is -2.11. The molecular formula is C14H20N4O2. The second kappa shape index (κ2) is 5.92. The molecule has 3 N–H and O–H groups in total. The minimum absolute atomic E-state index is 0.0668. The molecule has 6 nitrogen and oxygen atoms in total. The Hall–Kier alpha value is -2.08. The minimum Gasteiger partial charge on any atom is -0.466 e. The Morgan fingerprint density at radius 2 is 2.10 bits per heavy atom. The highest BCUT2D eigenvalue weighted by Crippen LogP contribution is 2.24. The number of nitrogen functional groups attached to an aromatic ring is 1. The van der Waals surface area contributed by atoms with Crippen molar-refractivity contribution in [3.05, 3.63) is 35.0 Å². The van der Waals surface area contributed by atoms with Crippen molar-refractivity contribution in [2.75, 3.05) is 18.2 Å². The number of furan rings is 1. The normalized spacial score (nSPS) is 12.4. The van der Waals surface area contributed by atoms with Gasteiger partial charge in [0.2, 0.25) is 0 Å². The average molecular weight is 276 g/mol. The lowest BCUT2D eigenvalue weighted by molar-refractivity contribution is 0.178. The molecule has 0 aliphatic heterocycles. The molecule has 2 aromatic heterocycles. The van der Waals surface area contributed by atoms with E-state index in [0.29, 0.717) is 24.1 Å². The van der Waals surface area contributed by atoms with Crippen molar-refractivity contribution in [1.82, 2.24) is 9.97 Å². The van der Waals surface area contributed by atoms with Crippen LogP contribution in [-0.4, -0.2) is 17.1 Å². The van der Waals surface area contributed by atoms with Crippen LogP contribution in [0.25, 0.3) is 0 Å². The Morgan fingerprint density at radius 1 is 1.35 bits per heavy atom. The van der Waals surface area contributed by atoms with Gasteiger partial charge in [0.25, 0.3) is 0 Å². The molecule has 0 fully saturated rings. The molecule has 0 aliphatic rings. The summed E-state index contributed by atoms with van der Waals surface area (Å²) in [4.78, 5) is 8.48. The van der Waals surface area contributed by atoms with Crippen LogP contribution in [-0.2, 0) is 11.3 Å². The van der Waals surface area contributed by atoms with Crippen LogP contribution in [0.3, 0.4) is 0 Å². The molecule has 0 radical (unpaired) electrons. The number of nitrogens with two attached hydrogens (primary N) is 1. The molecule has 0 amide bonds. The maximum atomic E-state index is 5.77. The molecule has 20 heavy (non-hydrogen) atoms. The summed E-state index contributed by atoms with van der Waals surface area (Å²) in [6.45, 7) is 6.26. The third kappa shape index (κ3) is 3.27. The van der Waals surface area contributed by atoms with E-state index >= 15 is 0 Å². The van der Waals surface area contributed by atoms with E-state index in [1.807, 2.05) is 26.8 Å². The van der Waals surface area contributed by atoms with Crippen LogP contribution in [0, 0.1) is 13.8 Å². The van der Waals surface area contributed by atoms with Gasteiger partial charge in [0, 0.05) is 18.7 Å². The maximum Gasteiger partial charge on any atom is 0.158 e. The number of methoxy groups -OCH3 is 1. The smallest absolute Gasteiger partial charge is 0.158 e. The van der Waals surface area contributed by atoms with Crippen LogP contribution < -0.4 is 11.1 Å². The first kappa shape index (κ1) is 14.3. The number of rotatable bonds is 5. The summed E-state index contributed by atoms with van der Waals surface area (Å²) in [6.07, 6.45) is 0. The highest BCUT2D eigenvalue weighted by atomic mass is 16.5. The number of nitrogens with zero attached hydrogens (tertiary/aromatic N) is 2. The summed E-state index contributed by atoms with van der Waals surface area (Å²) in [5.41, 5.74) is 6.88. The summed E-state index contributed by atoms with van der Waals surface area (Å²) >= 11 is 0. The van der Waals surface area contributed by atoms with Gasteiger partial charge in [-0.15, -0.1) is 0 Å². The van der Waals surface area contributed by atoms with E-state index in [1.165, 1.54) is 0 Å². The van der Waals surface area contributed by atoms with E-state index in [-0.39, 0.29) is 6.04 Å². The van der Waals surface area contributed by atoms with E-state index in [0.717, 1.165) is 17.1 Å². The number of anilines is 2. The van der Waals surface area contributed by atoms with Crippen LogP contribution in [0.4, 0.5) is 11.6 Å². The van der Waals surface area contributed by atoms with E-state index in [4.69, 9.17) is 14.9 Å². The quantitative estimate of drug-likeness (QED) is 0.873. The van der Waals surface area contributed by atoms with E-state index in [9.17, 15) is 0 Å². The molecule has 0 bridgehead atoms. The van der Waals surface area contributed by atoms with Crippen LogP contribution in [0.1, 0.15) is 35.9 Å². The van der Waals surface area contributed by atoms with E-state index in [1.54, 1.807) is 13.2 Å². The number of aromatic nitrogens is 2. The Labute approximate surface area is 118 Å². The van der Waals surface area contributed by atoms with Crippen LogP contribution in [0.15, 0.2) is 16.5 Å². The zero-order valence-corrected chi connectivity index (χ0v) is 12.2. The van der Waals surface area contributed by atoms with Crippen molar-refractivity contribution >= 4 is 11.6 Å². The summed E-state index contributed by atoms with van der Waals surface area (Å²) in [6, 6.07) is 3.79. The van der Waals surface area contributed by atoms with E-state index < -0.39 is 0 Å². The number of aryl methyl sites for hydroxylation is 2. The fourth-order valence-corrected chi connectivity index (χ4v) is 2.17. The molecule has 2 aromatic rings. The van der Waals surface area contributed by atoms with Gasteiger partial charge in [-0.25, -0.2) is 9.97 Å². The summed E-state index contributed by atoms with van der Waals surface area (Å²) in [5, 5.41) is 3.31. The van der Waals surface area contributed by atoms with Crippen molar-refractivity contribution in [2.24, 2.45) is 0 Å². The molecule has 2 rings (SSSR count). The Kier molecular flexibility index (Phi) is 4.24. The maximum absolute atomic E-state index is 5.77. The van der Waals surface area contributed by atoms with Crippen LogP contribution >= 0.6 is 0 Å². The molecule has 1 atom stereocenters. The van der Waals surface area contributed by atoms with Gasteiger partial charge in [-0.1, -0.05) is 0 Å². The highest BCUT2D eigenvalue weighted by molar-refractivity contribution is 5.46. The molecule has 6 heteroatoms. The van der Waals surface area contributed by atoms with Gasteiger partial charge in [-0.2, -0.15) is 0 Å². The number of hydrogen-bond donors (Lipinski definition) is 2. The molecule has 108 valence electrons. The first-order chi connectivity index (χ1) is 9.49. The second-order valence-corrected chi connectivity index (χ2v) is 4.76. The Balaban J connectivity index is 2.18. The SMILES string of the molecule is COCc1nc(N)cc(NC(C)c2cc(C)oc2C)n1. The average Bonchev–Trinajstić information content (AvgIpc) is 2.68. The number of nitrogens with one attached hydrogen (secondary N) is 1. The fourth-order valence-electron chi connectivity index (χ4n) is 2.17. The van der Waals surface area contributed by atoms with Gasteiger partial charge < -0.3 is 20.2 Å². The third-order valence-corrected chi connectivity index (χ3v) is 2.98. The molecule has 1 unspecified atom stereocenters. The Bertz CT molecular complexity index is 595. The third-order valence-electron chi connectivity index (χ3n) is 2.98. The zero-order valence-electron chi connectivity index (χ0n) is 12.2. The largest absolute Gasteiger partial charge is 0.466 e. The first-order valence-corrected chi connectivity index (χ1v) is 6.45. The molecule has 0 spiro atoms. The second-order valence-electron chi connectivity index (χ2n) is 4.76. The molecule has 0 aliphatic carbocycles. The fraction of sp³-hybridized carbons (Fsp3) is 0.429. The summed E-state index contributed by atoms with van der Waals surface area (Å²) in [5.74, 6) is 3.45. The lowest BCUT2D eigenvalue weighted by atomic mass is 10.1. The Morgan fingerprint density at radius 3 is 2.70 bits per heavy atom. The monoisotopic (exact) mass is 276 g/mol. The van der Waals surface area contributed by atoms with Gasteiger partial charge in [0.05, 0.1) is 6.04 Å². The first-order valence-electron chi connectivity index (χ1n) is 6.45. The molecule has 0 saturated carbocycles. The predicted octanol–water partition coefficient (Wildman–Crippen LogP) is 2.59. The van der Waals surface area contributed by atoms with Crippen molar-refractivity contribution in [3.63, 3.8) is 0 Å². The summed E-state index contributed by atoms with van der Waals surface area (Å²) < 4.78 is 10.6. The van der Waals surface area contributed by atoms with Gasteiger partial charge >= 0.3 is 0 Å². The minimum atomic E-state index is 0.0668. The van der Waals surface area contributed by atoms with E-state index in [2.05, 4.69) is 15.3 Å². The standard InChI is InChI=1S/C14H20N4O2/c1-8-5-11(10(3)20-8)9(2)16-13-6-12(15)17-14(18-13)7-19-4/h5-6,9H,7H2,1-4H3,(H3,15,16,17,18). The zero-order chi connectivity index (χ0) is 14.7. The highest BCUT2D eigenvalue weighted by Gasteiger charge is 2.13. The number of ether oxygens (including phenoxy) is 1. The topological polar surface area (TPSA) is 86.2 Å². The van der Waals surface area contributed by atoms with Crippen molar-refractivity contribution in [1.29, 1.82) is 0 Å². The van der Waals surface area contributed by atoms with Crippen molar-refractivity contribution in [3.8, 4) is 0 Å².